The quantitative estimate of drug-likeness (QED) is 0.714. The summed E-state index contributed by atoms with van der Waals surface area (Å²) in [6.07, 6.45) is 1.08. The highest BCUT2D eigenvalue weighted by Crippen LogP contribution is 2.27. The van der Waals surface area contributed by atoms with Crippen LogP contribution in [-0.4, -0.2) is 52.0 Å². The Labute approximate surface area is 120 Å². The van der Waals surface area contributed by atoms with Crippen molar-refractivity contribution < 1.29 is 9.47 Å². The molecule has 1 atom stereocenters. The maximum atomic E-state index is 5.98. The highest BCUT2D eigenvalue weighted by atomic mass is 32.1. The van der Waals surface area contributed by atoms with E-state index < -0.39 is 0 Å². The number of methoxy groups -OCH3 is 2. The number of hydrogen-bond acceptors (Lipinski definition) is 5. The van der Waals surface area contributed by atoms with Crippen molar-refractivity contribution in [2.45, 2.75) is 19.4 Å². The van der Waals surface area contributed by atoms with Crippen LogP contribution in [-0.2, 0) is 15.9 Å². The van der Waals surface area contributed by atoms with Gasteiger partial charge in [-0.1, -0.05) is 6.92 Å². The fraction of sp³-hybridized carbons (Fsp3) is 0.714. The van der Waals surface area contributed by atoms with Crippen molar-refractivity contribution in [1.82, 2.24) is 4.90 Å². The molecule has 1 rings (SSSR count). The van der Waals surface area contributed by atoms with Crippen LogP contribution in [0, 0.1) is 0 Å². The minimum Gasteiger partial charge on any atom is -0.383 e. The van der Waals surface area contributed by atoms with Gasteiger partial charge in [-0.05, 0) is 18.6 Å². The van der Waals surface area contributed by atoms with Gasteiger partial charge in [0.1, 0.15) is 0 Å². The summed E-state index contributed by atoms with van der Waals surface area (Å²) in [5, 5.41) is 0. The maximum absolute atomic E-state index is 5.98. The molecule has 1 unspecified atom stereocenters. The van der Waals surface area contributed by atoms with Gasteiger partial charge in [-0.25, -0.2) is 0 Å². The monoisotopic (exact) mass is 286 g/mol. The summed E-state index contributed by atoms with van der Waals surface area (Å²) in [5.74, 6) is 0. The minimum absolute atomic E-state index is 0.260. The Morgan fingerprint density at radius 3 is 2.26 bits per heavy atom. The van der Waals surface area contributed by atoms with E-state index in [1.165, 1.54) is 9.75 Å². The third-order valence-corrected chi connectivity index (χ3v) is 4.52. The molecule has 0 saturated heterocycles. The third-order valence-electron chi connectivity index (χ3n) is 3.19. The van der Waals surface area contributed by atoms with E-state index in [4.69, 9.17) is 15.2 Å². The lowest BCUT2D eigenvalue weighted by Crippen LogP contribution is -2.37. The second-order valence-electron chi connectivity index (χ2n) is 4.43. The zero-order chi connectivity index (χ0) is 14.1. The van der Waals surface area contributed by atoms with Crippen molar-refractivity contribution in [2.75, 3.05) is 47.1 Å². The van der Waals surface area contributed by atoms with E-state index in [1.807, 2.05) is 11.3 Å². The summed E-state index contributed by atoms with van der Waals surface area (Å²) >= 11 is 1.86. The fourth-order valence-electron chi connectivity index (χ4n) is 2.05. The first-order valence-corrected chi connectivity index (χ1v) is 7.59. The molecule has 5 heteroatoms. The van der Waals surface area contributed by atoms with Crippen LogP contribution in [0.3, 0.4) is 0 Å². The zero-order valence-corrected chi connectivity index (χ0v) is 13.0. The molecule has 4 nitrogen and oxygen atoms in total. The molecule has 0 amide bonds. The summed E-state index contributed by atoms with van der Waals surface area (Å²) in [6.45, 7) is 5.98. The number of nitrogens with zero attached hydrogens (tertiary/aromatic N) is 1. The molecule has 1 heterocycles. The number of thiophene rings is 1. The van der Waals surface area contributed by atoms with Crippen molar-refractivity contribution in [3.8, 4) is 0 Å². The molecule has 110 valence electrons. The molecule has 0 radical (unpaired) electrons. The van der Waals surface area contributed by atoms with Crippen LogP contribution >= 0.6 is 11.3 Å². The summed E-state index contributed by atoms with van der Waals surface area (Å²) in [6, 6.07) is 4.66. The number of nitrogens with two attached hydrogens (primary N) is 1. The van der Waals surface area contributed by atoms with Crippen LogP contribution in [0.2, 0.25) is 0 Å². The van der Waals surface area contributed by atoms with Gasteiger partial charge < -0.3 is 15.2 Å². The molecule has 0 aliphatic heterocycles. The van der Waals surface area contributed by atoms with Crippen LogP contribution < -0.4 is 5.73 Å². The molecule has 0 aromatic carbocycles. The molecule has 0 saturated carbocycles. The molecule has 19 heavy (non-hydrogen) atoms. The summed E-state index contributed by atoms with van der Waals surface area (Å²) in [5.41, 5.74) is 5.98. The first-order valence-electron chi connectivity index (χ1n) is 6.77. The summed E-state index contributed by atoms with van der Waals surface area (Å²) in [7, 11) is 3.46. The van der Waals surface area contributed by atoms with E-state index in [0.29, 0.717) is 19.8 Å². The molecule has 0 spiro atoms. The fourth-order valence-corrected chi connectivity index (χ4v) is 3.15. The van der Waals surface area contributed by atoms with Gasteiger partial charge in [0.15, 0.2) is 0 Å². The smallest absolute Gasteiger partial charge is 0.0589 e. The Bertz CT molecular complexity index is 336. The molecule has 2 N–H and O–H groups in total. The van der Waals surface area contributed by atoms with Crippen molar-refractivity contribution in [2.24, 2.45) is 5.73 Å². The first kappa shape index (κ1) is 16.6. The molecule has 1 aromatic heterocycles. The SMILES string of the molecule is CCc1ccc(C(CN)N(CCOC)CCOC)s1. The predicted octanol–water partition coefficient (Wildman–Crippen LogP) is 1.91. The Morgan fingerprint density at radius 1 is 1.21 bits per heavy atom. The van der Waals surface area contributed by atoms with E-state index in [1.54, 1.807) is 14.2 Å². The average Bonchev–Trinajstić information content (AvgIpc) is 2.90. The second-order valence-corrected chi connectivity index (χ2v) is 5.63. The van der Waals surface area contributed by atoms with E-state index in [9.17, 15) is 0 Å². The lowest BCUT2D eigenvalue weighted by atomic mass is 10.2. The number of ether oxygens (including phenoxy) is 2. The Kier molecular flexibility index (Phi) is 8.25. The zero-order valence-electron chi connectivity index (χ0n) is 12.2. The van der Waals surface area contributed by atoms with Crippen molar-refractivity contribution in [1.29, 1.82) is 0 Å². The van der Waals surface area contributed by atoms with Gasteiger partial charge in [-0.3, -0.25) is 4.90 Å². The second kappa shape index (κ2) is 9.44. The van der Waals surface area contributed by atoms with Gasteiger partial charge in [0.05, 0.1) is 19.3 Å². The van der Waals surface area contributed by atoms with Gasteiger partial charge in [0.2, 0.25) is 0 Å². The highest BCUT2D eigenvalue weighted by molar-refractivity contribution is 7.12. The molecule has 0 fully saturated rings. The van der Waals surface area contributed by atoms with Crippen molar-refractivity contribution in [3.05, 3.63) is 21.9 Å². The van der Waals surface area contributed by atoms with Gasteiger partial charge in [-0.2, -0.15) is 0 Å². The predicted molar refractivity (Wildman–Crippen MR) is 80.8 cm³/mol. The average molecular weight is 286 g/mol. The third kappa shape index (κ3) is 5.20. The van der Waals surface area contributed by atoms with Gasteiger partial charge in [0, 0.05) is 43.6 Å². The first-order chi connectivity index (χ1) is 9.26. The van der Waals surface area contributed by atoms with Crippen LogP contribution in [0.15, 0.2) is 12.1 Å². The number of aryl methyl sites for hydroxylation is 1. The minimum atomic E-state index is 0.260. The molecule has 0 bridgehead atoms. The standard InChI is InChI=1S/C14H26N2O2S/c1-4-12-5-6-14(19-12)13(11-15)16(7-9-17-2)8-10-18-3/h5-6,13H,4,7-11,15H2,1-3H3. The largest absolute Gasteiger partial charge is 0.383 e. The molecule has 1 aromatic rings. The topological polar surface area (TPSA) is 47.7 Å². The lowest BCUT2D eigenvalue weighted by Gasteiger charge is -2.29. The van der Waals surface area contributed by atoms with E-state index >= 15 is 0 Å². The molecule has 0 aliphatic rings. The molecular weight excluding hydrogens is 260 g/mol. The normalized spacial score (nSPS) is 13.1. The number of hydrogen-bond donors (Lipinski definition) is 1. The molecular formula is C14H26N2O2S. The Hall–Kier alpha value is -0.460. The van der Waals surface area contributed by atoms with Gasteiger partial charge >= 0.3 is 0 Å². The van der Waals surface area contributed by atoms with Crippen LogP contribution in [0.25, 0.3) is 0 Å². The van der Waals surface area contributed by atoms with Crippen LogP contribution in [0.1, 0.15) is 22.7 Å². The van der Waals surface area contributed by atoms with E-state index in [-0.39, 0.29) is 6.04 Å². The lowest BCUT2D eigenvalue weighted by molar-refractivity contribution is 0.0901. The Morgan fingerprint density at radius 2 is 1.84 bits per heavy atom. The molecule has 0 aliphatic carbocycles. The summed E-state index contributed by atoms with van der Waals surface area (Å²) < 4.78 is 10.4. The number of rotatable bonds is 10. The van der Waals surface area contributed by atoms with Gasteiger partial charge in [0.25, 0.3) is 0 Å². The van der Waals surface area contributed by atoms with Crippen molar-refractivity contribution in [3.63, 3.8) is 0 Å². The van der Waals surface area contributed by atoms with Crippen molar-refractivity contribution >= 4 is 11.3 Å². The van der Waals surface area contributed by atoms with E-state index in [0.717, 1.165) is 19.5 Å². The summed E-state index contributed by atoms with van der Waals surface area (Å²) in [4.78, 5) is 5.09. The van der Waals surface area contributed by atoms with Crippen LogP contribution in [0.5, 0.6) is 0 Å². The maximum Gasteiger partial charge on any atom is 0.0589 e. The van der Waals surface area contributed by atoms with E-state index in [2.05, 4.69) is 24.0 Å². The Balaban J connectivity index is 2.75. The van der Waals surface area contributed by atoms with Gasteiger partial charge in [-0.15, -0.1) is 11.3 Å². The highest BCUT2D eigenvalue weighted by Gasteiger charge is 2.20. The van der Waals surface area contributed by atoms with Crippen LogP contribution in [0.4, 0.5) is 0 Å².